The maximum Gasteiger partial charge on any atom is 0.246 e. The number of benzene rings is 2. The minimum atomic E-state index is -4.04. The molecule has 2 aromatic carbocycles. The molecule has 0 saturated carbocycles. The Kier molecular flexibility index (Phi) is 6.34. The van der Waals surface area contributed by atoms with E-state index in [1.165, 1.54) is 24.3 Å². The third kappa shape index (κ3) is 4.42. The molecule has 0 spiro atoms. The van der Waals surface area contributed by atoms with Gasteiger partial charge in [-0.25, -0.2) is 21.9 Å². The van der Waals surface area contributed by atoms with E-state index in [4.69, 9.17) is 17.3 Å². The van der Waals surface area contributed by atoms with Crippen molar-refractivity contribution in [1.29, 1.82) is 0 Å². The highest BCUT2D eigenvalue weighted by Gasteiger charge is 2.29. The molecule has 0 radical (unpaired) electrons. The van der Waals surface area contributed by atoms with E-state index in [1.54, 1.807) is 6.26 Å². The molecule has 1 heterocycles. The molecule has 0 bridgehead atoms. The van der Waals surface area contributed by atoms with Gasteiger partial charge in [0.05, 0.1) is 10.6 Å². The van der Waals surface area contributed by atoms with Crippen molar-refractivity contribution in [2.75, 3.05) is 17.3 Å². The summed E-state index contributed by atoms with van der Waals surface area (Å²) in [5, 5.41) is 6.74. The molecule has 1 aromatic heterocycles. The smallest absolute Gasteiger partial charge is 0.246 e. The molecule has 30 heavy (non-hydrogen) atoms. The number of hydrogen-bond donors (Lipinski definition) is 2. The maximum atomic E-state index is 13.7. The highest BCUT2D eigenvalue weighted by atomic mass is 35.5. The predicted octanol–water partition coefficient (Wildman–Crippen LogP) is 3.59. The van der Waals surface area contributed by atoms with E-state index in [0.29, 0.717) is 5.02 Å². The van der Waals surface area contributed by atoms with Crippen molar-refractivity contribution in [3.8, 4) is 0 Å². The van der Waals surface area contributed by atoms with Gasteiger partial charge in [-0.15, -0.1) is 11.8 Å². The first-order valence-electron chi connectivity index (χ1n) is 8.29. The fraction of sp³-hybridized carbons (Fsp3) is 0.111. The molecular weight excluding hydrogens is 458 g/mol. The summed E-state index contributed by atoms with van der Waals surface area (Å²) < 4.78 is 54.1. The molecular formula is C18H15ClF2N4O3S2. The zero-order valence-electron chi connectivity index (χ0n) is 15.4. The first-order valence-corrected chi connectivity index (χ1v) is 11.4. The van der Waals surface area contributed by atoms with E-state index in [2.05, 4.69) is 10.4 Å². The van der Waals surface area contributed by atoms with Crippen LogP contribution in [0.2, 0.25) is 5.02 Å². The second kappa shape index (κ2) is 8.62. The Balaban J connectivity index is 1.92. The van der Waals surface area contributed by atoms with Gasteiger partial charge in [-0.05, 0) is 42.7 Å². The summed E-state index contributed by atoms with van der Waals surface area (Å²) in [6, 6.07) is 8.12. The summed E-state index contributed by atoms with van der Waals surface area (Å²) in [4.78, 5) is 12.0. The number of amides is 1. The number of nitrogens with zero attached hydrogens (tertiary/aromatic N) is 2. The fourth-order valence-electron chi connectivity index (χ4n) is 2.59. The lowest BCUT2D eigenvalue weighted by Crippen LogP contribution is -2.21. The fourth-order valence-corrected chi connectivity index (χ4v) is 5.15. The summed E-state index contributed by atoms with van der Waals surface area (Å²) in [6.07, 6.45) is 1.61. The minimum Gasteiger partial charge on any atom is -0.383 e. The van der Waals surface area contributed by atoms with E-state index < -0.39 is 33.9 Å². The number of nitrogens with one attached hydrogen (secondary N) is 1. The van der Waals surface area contributed by atoms with Gasteiger partial charge in [0.25, 0.3) is 0 Å². The van der Waals surface area contributed by atoms with Crippen LogP contribution in [0, 0.1) is 11.6 Å². The number of carbonyl (C=O) groups is 1. The molecule has 0 aliphatic rings. The van der Waals surface area contributed by atoms with Crippen LogP contribution in [0.25, 0.3) is 0 Å². The van der Waals surface area contributed by atoms with Gasteiger partial charge < -0.3 is 11.1 Å². The van der Waals surface area contributed by atoms with Crippen LogP contribution in [0.15, 0.2) is 57.3 Å². The zero-order valence-corrected chi connectivity index (χ0v) is 17.8. The summed E-state index contributed by atoms with van der Waals surface area (Å²) in [7, 11) is -4.04. The third-order valence-electron chi connectivity index (χ3n) is 4.00. The van der Waals surface area contributed by atoms with Gasteiger partial charge in [0, 0.05) is 11.1 Å². The highest BCUT2D eigenvalue weighted by Crippen LogP contribution is 2.34. The van der Waals surface area contributed by atoms with Crippen molar-refractivity contribution in [3.63, 3.8) is 0 Å². The molecule has 158 valence electrons. The van der Waals surface area contributed by atoms with Crippen molar-refractivity contribution in [2.45, 2.75) is 21.4 Å². The van der Waals surface area contributed by atoms with Gasteiger partial charge in [-0.3, -0.25) is 4.79 Å². The maximum absolute atomic E-state index is 13.7. The molecule has 12 heteroatoms. The van der Waals surface area contributed by atoms with Crippen molar-refractivity contribution in [2.24, 2.45) is 0 Å². The molecule has 0 atom stereocenters. The first-order chi connectivity index (χ1) is 14.1. The molecule has 0 fully saturated rings. The summed E-state index contributed by atoms with van der Waals surface area (Å²) >= 11 is 6.84. The van der Waals surface area contributed by atoms with E-state index in [0.717, 1.165) is 34.6 Å². The monoisotopic (exact) mass is 472 g/mol. The number of nitrogens with two attached hydrogens (primary N) is 1. The largest absolute Gasteiger partial charge is 0.383 e. The average Bonchev–Trinajstić information content (AvgIpc) is 3.01. The molecule has 3 rings (SSSR count). The van der Waals surface area contributed by atoms with Crippen LogP contribution >= 0.6 is 23.4 Å². The van der Waals surface area contributed by atoms with Gasteiger partial charge in [-0.2, -0.15) is 5.10 Å². The molecule has 3 aromatic rings. The summed E-state index contributed by atoms with van der Waals surface area (Å²) in [6.45, 7) is -0.508. The van der Waals surface area contributed by atoms with Gasteiger partial charge in [0.2, 0.25) is 15.7 Å². The number of nitrogen functional groups attached to an aromatic ring is 1. The molecule has 7 nitrogen and oxygen atoms in total. The van der Waals surface area contributed by atoms with Crippen LogP contribution in [-0.2, 0) is 21.2 Å². The molecule has 1 amide bonds. The molecule has 0 saturated heterocycles. The standard InChI is InChI=1S/C18H15ClF2N4O3S2/c1-29-18-16(30(27,28)12-5-2-10(19)3-6-12)17(22)25(24-18)9-15(26)23-14-8-11(20)4-7-13(14)21/h2-8H,9,22H2,1H3,(H,23,26). The number of halogens is 3. The Bertz CT molecular complexity index is 1210. The molecule has 0 aliphatic carbocycles. The lowest BCUT2D eigenvalue weighted by atomic mass is 10.3. The van der Waals surface area contributed by atoms with Crippen LogP contribution in [0.1, 0.15) is 0 Å². The van der Waals surface area contributed by atoms with Gasteiger partial charge >= 0.3 is 0 Å². The Morgan fingerprint density at radius 3 is 2.53 bits per heavy atom. The topological polar surface area (TPSA) is 107 Å². The number of anilines is 2. The molecule has 3 N–H and O–H groups in total. The lowest BCUT2D eigenvalue weighted by molar-refractivity contribution is -0.116. The third-order valence-corrected chi connectivity index (χ3v) is 6.88. The van der Waals surface area contributed by atoms with Crippen molar-refractivity contribution in [3.05, 3.63) is 59.1 Å². The number of rotatable bonds is 6. The van der Waals surface area contributed by atoms with E-state index in [-0.39, 0.29) is 26.3 Å². The van der Waals surface area contributed by atoms with E-state index in [1.807, 2.05) is 0 Å². The number of hydrogen-bond acceptors (Lipinski definition) is 6. The predicted molar refractivity (Wildman–Crippen MR) is 110 cm³/mol. The number of aromatic nitrogens is 2. The number of carbonyl (C=O) groups excluding carboxylic acids is 1. The van der Waals surface area contributed by atoms with Crippen LogP contribution in [-0.4, -0.2) is 30.4 Å². The lowest BCUT2D eigenvalue weighted by Gasteiger charge is -2.08. The van der Waals surface area contributed by atoms with Gasteiger partial charge in [-0.1, -0.05) is 11.6 Å². The van der Waals surface area contributed by atoms with Crippen LogP contribution in [0.5, 0.6) is 0 Å². The Morgan fingerprint density at radius 2 is 1.90 bits per heavy atom. The summed E-state index contributed by atoms with van der Waals surface area (Å²) in [5.74, 6) is -2.58. The normalized spacial score (nSPS) is 11.5. The molecule has 0 unspecified atom stereocenters. The first kappa shape index (κ1) is 22.1. The van der Waals surface area contributed by atoms with Crippen LogP contribution in [0.4, 0.5) is 20.3 Å². The Labute approximate surface area is 180 Å². The minimum absolute atomic E-state index is 0.0419. The van der Waals surface area contributed by atoms with Crippen molar-refractivity contribution in [1.82, 2.24) is 9.78 Å². The summed E-state index contributed by atoms with van der Waals surface area (Å²) in [5.41, 5.74) is 5.64. The van der Waals surface area contributed by atoms with Crippen molar-refractivity contribution >= 4 is 50.6 Å². The Morgan fingerprint density at radius 1 is 1.23 bits per heavy atom. The second-order valence-electron chi connectivity index (χ2n) is 6.01. The van der Waals surface area contributed by atoms with Gasteiger partial charge in [0.15, 0.2) is 0 Å². The average molecular weight is 473 g/mol. The molecule has 0 aliphatic heterocycles. The van der Waals surface area contributed by atoms with Crippen molar-refractivity contribution < 1.29 is 22.0 Å². The van der Waals surface area contributed by atoms with Gasteiger partial charge in [0.1, 0.15) is 33.9 Å². The van der Waals surface area contributed by atoms with Crippen LogP contribution < -0.4 is 11.1 Å². The van der Waals surface area contributed by atoms with Crippen LogP contribution in [0.3, 0.4) is 0 Å². The van der Waals surface area contributed by atoms with E-state index in [9.17, 15) is 22.0 Å². The highest BCUT2D eigenvalue weighted by molar-refractivity contribution is 7.99. The Hall–Kier alpha value is -2.63. The number of sulfone groups is 1. The zero-order chi connectivity index (χ0) is 22.1. The SMILES string of the molecule is CSc1nn(CC(=O)Nc2cc(F)ccc2F)c(N)c1S(=O)(=O)c1ccc(Cl)cc1. The second-order valence-corrected chi connectivity index (χ2v) is 9.13. The van der Waals surface area contributed by atoms with E-state index >= 15 is 0 Å². The number of thioether (sulfide) groups is 1. The quantitative estimate of drug-likeness (QED) is 0.531.